The fourth-order valence-electron chi connectivity index (χ4n) is 1.90. The monoisotopic (exact) mass is 223 g/mol. The van der Waals surface area contributed by atoms with Gasteiger partial charge in [-0.05, 0) is 31.9 Å². The first-order chi connectivity index (χ1) is 7.33. The molecule has 2 rings (SSSR count). The summed E-state index contributed by atoms with van der Waals surface area (Å²) >= 11 is 1.69. The molecule has 0 spiro atoms. The van der Waals surface area contributed by atoms with Gasteiger partial charge in [0, 0.05) is 19.1 Å². The third kappa shape index (κ3) is 2.44. The lowest BCUT2D eigenvalue weighted by atomic mass is 10.3. The lowest BCUT2D eigenvalue weighted by molar-refractivity contribution is 0.616. The molecule has 1 aromatic heterocycles. The summed E-state index contributed by atoms with van der Waals surface area (Å²) in [4.78, 5) is 6.95. The van der Waals surface area contributed by atoms with E-state index in [2.05, 4.69) is 39.7 Å². The maximum absolute atomic E-state index is 4.60. The van der Waals surface area contributed by atoms with E-state index in [0.29, 0.717) is 6.04 Å². The second kappa shape index (κ2) is 4.86. The molecular weight excluding hydrogens is 206 g/mol. The number of thioether (sulfide) groups is 1. The molecule has 1 N–H and O–H groups in total. The van der Waals surface area contributed by atoms with Crippen molar-refractivity contribution in [1.29, 1.82) is 0 Å². The van der Waals surface area contributed by atoms with Crippen LogP contribution in [0.5, 0.6) is 0 Å². The Hall–Kier alpha value is -0.740. The predicted molar refractivity (Wildman–Crippen MR) is 65.7 cm³/mol. The summed E-state index contributed by atoms with van der Waals surface area (Å²) in [6.45, 7) is 2.18. The van der Waals surface area contributed by atoms with Gasteiger partial charge >= 0.3 is 0 Å². The molecule has 0 aliphatic carbocycles. The fraction of sp³-hybridized carbons (Fsp3) is 0.545. The van der Waals surface area contributed by atoms with Crippen LogP contribution in [0, 0.1) is 0 Å². The smallest absolute Gasteiger partial charge is 0.129 e. The zero-order valence-electron chi connectivity index (χ0n) is 9.23. The predicted octanol–water partition coefficient (Wildman–Crippen LogP) is 1.60. The molecule has 82 valence electrons. The molecule has 2 heterocycles. The Morgan fingerprint density at radius 1 is 1.53 bits per heavy atom. The topological polar surface area (TPSA) is 28.2 Å². The molecule has 0 saturated carbocycles. The summed E-state index contributed by atoms with van der Waals surface area (Å²) in [5.41, 5.74) is 0. The summed E-state index contributed by atoms with van der Waals surface area (Å²) < 4.78 is 0. The first-order valence-corrected chi connectivity index (χ1v) is 6.49. The van der Waals surface area contributed by atoms with Crippen molar-refractivity contribution >= 4 is 17.6 Å². The molecule has 1 atom stereocenters. The van der Waals surface area contributed by atoms with E-state index >= 15 is 0 Å². The van der Waals surface area contributed by atoms with Crippen molar-refractivity contribution in [3.63, 3.8) is 0 Å². The van der Waals surface area contributed by atoms with Gasteiger partial charge in [0.05, 0.1) is 5.03 Å². The zero-order chi connectivity index (χ0) is 10.7. The van der Waals surface area contributed by atoms with E-state index in [0.717, 1.165) is 23.9 Å². The van der Waals surface area contributed by atoms with Crippen molar-refractivity contribution in [3.8, 4) is 0 Å². The van der Waals surface area contributed by atoms with Crippen molar-refractivity contribution in [2.24, 2.45) is 0 Å². The SMILES string of the molecule is CNC1CCN(c2cccc(SC)n2)C1. The van der Waals surface area contributed by atoms with Gasteiger partial charge in [-0.25, -0.2) is 4.98 Å². The maximum atomic E-state index is 4.60. The molecule has 4 heteroatoms. The van der Waals surface area contributed by atoms with Gasteiger partial charge in [-0.2, -0.15) is 0 Å². The maximum Gasteiger partial charge on any atom is 0.129 e. The molecule has 0 amide bonds. The molecule has 15 heavy (non-hydrogen) atoms. The Kier molecular flexibility index (Phi) is 3.49. The minimum absolute atomic E-state index is 0.615. The Bertz CT molecular complexity index is 329. The number of nitrogens with one attached hydrogen (secondary N) is 1. The third-order valence-electron chi connectivity index (χ3n) is 2.84. The van der Waals surface area contributed by atoms with Gasteiger partial charge in [-0.15, -0.1) is 11.8 Å². The van der Waals surface area contributed by atoms with Crippen LogP contribution in [0.25, 0.3) is 0 Å². The second-order valence-electron chi connectivity index (χ2n) is 3.76. The van der Waals surface area contributed by atoms with Crippen LogP contribution in [0.4, 0.5) is 5.82 Å². The number of hydrogen-bond acceptors (Lipinski definition) is 4. The van der Waals surface area contributed by atoms with Crippen molar-refractivity contribution in [2.75, 3.05) is 31.3 Å². The summed E-state index contributed by atoms with van der Waals surface area (Å²) in [5.74, 6) is 1.11. The van der Waals surface area contributed by atoms with Gasteiger partial charge in [0.2, 0.25) is 0 Å². The summed E-state index contributed by atoms with van der Waals surface area (Å²) in [6.07, 6.45) is 3.27. The van der Waals surface area contributed by atoms with E-state index in [-0.39, 0.29) is 0 Å². The Morgan fingerprint density at radius 2 is 2.40 bits per heavy atom. The van der Waals surface area contributed by atoms with E-state index in [1.807, 2.05) is 7.05 Å². The van der Waals surface area contributed by atoms with E-state index in [1.54, 1.807) is 11.8 Å². The minimum atomic E-state index is 0.615. The highest BCUT2D eigenvalue weighted by atomic mass is 32.2. The minimum Gasteiger partial charge on any atom is -0.355 e. The third-order valence-corrected chi connectivity index (χ3v) is 3.48. The first kappa shape index (κ1) is 10.8. The van der Waals surface area contributed by atoms with Crippen molar-refractivity contribution in [3.05, 3.63) is 18.2 Å². The van der Waals surface area contributed by atoms with E-state index in [4.69, 9.17) is 0 Å². The van der Waals surface area contributed by atoms with Gasteiger partial charge in [-0.3, -0.25) is 0 Å². The van der Waals surface area contributed by atoms with Crippen LogP contribution in [0.3, 0.4) is 0 Å². The van der Waals surface area contributed by atoms with Gasteiger partial charge in [0.15, 0.2) is 0 Å². The van der Waals surface area contributed by atoms with Gasteiger partial charge in [0.1, 0.15) is 5.82 Å². The van der Waals surface area contributed by atoms with Crippen molar-refractivity contribution in [1.82, 2.24) is 10.3 Å². The lowest BCUT2D eigenvalue weighted by Crippen LogP contribution is -2.29. The fourth-order valence-corrected chi connectivity index (χ4v) is 2.30. The van der Waals surface area contributed by atoms with Gasteiger partial charge < -0.3 is 10.2 Å². The van der Waals surface area contributed by atoms with Crippen molar-refractivity contribution < 1.29 is 0 Å². The average Bonchev–Trinajstić information content (AvgIpc) is 2.78. The van der Waals surface area contributed by atoms with Crippen LogP contribution in [0.1, 0.15) is 6.42 Å². The molecule has 1 aliphatic rings. The number of nitrogens with zero attached hydrogens (tertiary/aromatic N) is 2. The molecule has 0 radical (unpaired) electrons. The molecule has 0 aromatic carbocycles. The lowest BCUT2D eigenvalue weighted by Gasteiger charge is -2.17. The summed E-state index contributed by atoms with van der Waals surface area (Å²) in [5, 5.41) is 4.42. The number of anilines is 1. The highest BCUT2D eigenvalue weighted by Crippen LogP contribution is 2.21. The Balaban J connectivity index is 2.09. The number of hydrogen-bond donors (Lipinski definition) is 1. The van der Waals surface area contributed by atoms with Gasteiger partial charge in [-0.1, -0.05) is 6.07 Å². The molecule has 1 saturated heterocycles. The molecule has 1 aliphatic heterocycles. The van der Waals surface area contributed by atoms with E-state index < -0.39 is 0 Å². The van der Waals surface area contributed by atoms with E-state index in [1.165, 1.54) is 6.42 Å². The Labute approximate surface area is 95.3 Å². The van der Waals surface area contributed by atoms with Crippen LogP contribution in [0.2, 0.25) is 0 Å². The average molecular weight is 223 g/mol. The van der Waals surface area contributed by atoms with Crippen LogP contribution in [0.15, 0.2) is 23.2 Å². The highest BCUT2D eigenvalue weighted by Gasteiger charge is 2.21. The Morgan fingerprint density at radius 3 is 3.07 bits per heavy atom. The number of pyridine rings is 1. The first-order valence-electron chi connectivity index (χ1n) is 5.26. The normalized spacial score (nSPS) is 20.9. The zero-order valence-corrected chi connectivity index (χ0v) is 10.0. The largest absolute Gasteiger partial charge is 0.355 e. The molecule has 3 nitrogen and oxygen atoms in total. The summed E-state index contributed by atoms with van der Waals surface area (Å²) in [6, 6.07) is 6.85. The molecule has 1 fully saturated rings. The van der Waals surface area contributed by atoms with Crippen LogP contribution >= 0.6 is 11.8 Å². The second-order valence-corrected chi connectivity index (χ2v) is 4.58. The van der Waals surface area contributed by atoms with Gasteiger partial charge in [0.25, 0.3) is 0 Å². The van der Waals surface area contributed by atoms with E-state index in [9.17, 15) is 0 Å². The molecule has 0 bridgehead atoms. The number of likely N-dealkylation sites (N-methyl/N-ethyl adjacent to an activating group) is 1. The molecule has 1 aromatic rings. The summed E-state index contributed by atoms with van der Waals surface area (Å²) in [7, 11) is 2.03. The molecular formula is C11H17N3S. The molecule has 1 unspecified atom stereocenters. The number of rotatable bonds is 3. The van der Waals surface area contributed by atoms with Crippen LogP contribution in [-0.2, 0) is 0 Å². The quantitative estimate of drug-likeness (QED) is 0.788. The van der Waals surface area contributed by atoms with Crippen LogP contribution < -0.4 is 10.2 Å². The standard InChI is InChI=1S/C11H17N3S/c1-12-9-6-7-14(8-9)10-4-3-5-11(13-10)15-2/h3-5,9,12H,6-8H2,1-2H3. The van der Waals surface area contributed by atoms with Crippen LogP contribution in [-0.4, -0.2) is 37.4 Å². The van der Waals surface area contributed by atoms with Crippen molar-refractivity contribution in [2.45, 2.75) is 17.5 Å². The highest BCUT2D eigenvalue weighted by molar-refractivity contribution is 7.98. The number of aromatic nitrogens is 1.